The number of rotatable bonds is 12. The van der Waals surface area contributed by atoms with Crippen LogP contribution in [0.25, 0.3) is 0 Å². The van der Waals surface area contributed by atoms with Gasteiger partial charge in [0.2, 0.25) is 0 Å². The molecule has 0 atom stereocenters. The van der Waals surface area contributed by atoms with Crippen LogP contribution < -0.4 is 15.4 Å². The van der Waals surface area contributed by atoms with Gasteiger partial charge in [0.25, 0.3) is 0 Å². The number of ether oxygens (including phenoxy) is 2. The molecule has 0 unspecified atom stereocenters. The highest BCUT2D eigenvalue weighted by Gasteiger charge is 2.28. The first kappa shape index (κ1) is 25.8. The van der Waals surface area contributed by atoms with Crippen LogP contribution in [0, 0.1) is 6.92 Å². The highest BCUT2D eigenvalue weighted by molar-refractivity contribution is 14.0. The Labute approximate surface area is 189 Å². The third-order valence-electron chi connectivity index (χ3n) is 4.52. The van der Waals surface area contributed by atoms with E-state index in [1.165, 1.54) is 12.8 Å². The standard InChI is InChI=1S/C20H32F2N4O2.HI/c1-4-23-20(24-9-10-26(11-12-27-3)17-6-7-17)25-14-16-13-15(2)5-8-18(16)28-19(21)22;/h5,8,13,17,19H,4,6-7,9-12,14H2,1-3H3,(H2,23,24,25);1H. The van der Waals surface area contributed by atoms with Crippen LogP contribution >= 0.6 is 24.0 Å². The van der Waals surface area contributed by atoms with Crippen LogP contribution in [0.4, 0.5) is 8.78 Å². The smallest absolute Gasteiger partial charge is 0.387 e. The summed E-state index contributed by atoms with van der Waals surface area (Å²) in [6, 6.07) is 5.80. The second-order valence-corrected chi connectivity index (χ2v) is 6.87. The van der Waals surface area contributed by atoms with Gasteiger partial charge in [0.1, 0.15) is 5.75 Å². The van der Waals surface area contributed by atoms with Crippen molar-refractivity contribution in [3.8, 4) is 5.75 Å². The minimum atomic E-state index is -2.85. The van der Waals surface area contributed by atoms with Crippen molar-refractivity contribution < 1.29 is 18.3 Å². The lowest BCUT2D eigenvalue weighted by Gasteiger charge is -2.22. The summed E-state index contributed by atoms with van der Waals surface area (Å²) in [4.78, 5) is 6.96. The summed E-state index contributed by atoms with van der Waals surface area (Å²) >= 11 is 0. The number of alkyl halides is 2. The molecule has 0 bridgehead atoms. The SMILES string of the molecule is CCNC(=NCc1cc(C)ccc1OC(F)F)NCCN(CCOC)C1CC1.I. The Morgan fingerprint density at radius 3 is 2.66 bits per heavy atom. The van der Waals surface area contributed by atoms with Gasteiger partial charge in [0.15, 0.2) is 5.96 Å². The Morgan fingerprint density at radius 1 is 1.28 bits per heavy atom. The molecular formula is C20H33F2IN4O2. The number of nitrogens with zero attached hydrogens (tertiary/aromatic N) is 2. The highest BCUT2D eigenvalue weighted by Crippen LogP contribution is 2.26. The molecule has 2 rings (SSSR count). The number of hydrogen-bond donors (Lipinski definition) is 2. The summed E-state index contributed by atoms with van der Waals surface area (Å²) in [6.45, 7) is 5.34. The number of guanidine groups is 1. The molecule has 29 heavy (non-hydrogen) atoms. The molecule has 1 aromatic carbocycles. The topological polar surface area (TPSA) is 58.1 Å². The molecule has 0 heterocycles. The average molecular weight is 526 g/mol. The van der Waals surface area contributed by atoms with Crippen molar-refractivity contribution in [2.75, 3.05) is 39.9 Å². The molecule has 0 aromatic heterocycles. The van der Waals surface area contributed by atoms with Gasteiger partial charge in [-0.1, -0.05) is 17.7 Å². The Hall–Kier alpha value is -1.20. The molecule has 0 aliphatic heterocycles. The van der Waals surface area contributed by atoms with Crippen molar-refractivity contribution in [2.24, 2.45) is 4.99 Å². The van der Waals surface area contributed by atoms with Gasteiger partial charge >= 0.3 is 6.61 Å². The number of aliphatic imine (C=N–C) groups is 1. The lowest BCUT2D eigenvalue weighted by atomic mass is 10.1. The van der Waals surface area contributed by atoms with E-state index in [1.54, 1.807) is 19.2 Å². The van der Waals surface area contributed by atoms with Gasteiger partial charge < -0.3 is 20.1 Å². The maximum absolute atomic E-state index is 12.6. The van der Waals surface area contributed by atoms with Crippen molar-refractivity contribution in [1.29, 1.82) is 0 Å². The number of hydrogen-bond acceptors (Lipinski definition) is 4. The molecular weight excluding hydrogens is 493 g/mol. The molecule has 0 radical (unpaired) electrons. The van der Waals surface area contributed by atoms with Gasteiger partial charge in [-0.15, -0.1) is 24.0 Å². The largest absolute Gasteiger partial charge is 0.434 e. The van der Waals surface area contributed by atoms with E-state index >= 15 is 0 Å². The minimum Gasteiger partial charge on any atom is -0.434 e. The summed E-state index contributed by atoms with van der Waals surface area (Å²) in [5, 5.41) is 6.52. The Kier molecular flexibility index (Phi) is 12.4. The molecule has 1 aromatic rings. The van der Waals surface area contributed by atoms with Crippen molar-refractivity contribution in [2.45, 2.75) is 45.9 Å². The van der Waals surface area contributed by atoms with Gasteiger partial charge in [0, 0.05) is 44.9 Å². The van der Waals surface area contributed by atoms with Crippen molar-refractivity contribution in [3.05, 3.63) is 29.3 Å². The summed E-state index contributed by atoms with van der Waals surface area (Å²) in [6.07, 6.45) is 2.50. The van der Waals surface area contributed by atoms with E-state index in [0.717, 1.165) is 38.3 Å². The molecule has 1 aliphatic rings. The zero-order chi connectivity index (χ0) is 20.4. The lowest BCUT2D eigenvalue weighted by molar-refractivity contribution is -0.0504. The molecule has 2 N–H and O–H groups in total. The normalized spacial score (nSPS) is 14.1. The molecule has 0 amide bonds. The second-order valence-electron chi connectivity index (χ2n) is 6.87. The van der Waals surface area contributed by atoms with Gasteiger partial charge in [-0.05, 0) is 32.8 Å². The van der Waals surface area contributed by atoms with Crippen LogP contribution in [0.15, 0.2) is 23.2 Å². The van der Waals surface area contributed by atoms with Crippen LogP contribution in [-0.4, -0.2) is 63.4 Å². The van der Waals surface area contributed by atoms with Crippen molar-refractivity contribution in [1.82, 2.24) is 15.5 Å². The summed E-state index contributed by atoms with van der Waals surface area (Å²) in [5.74, 6) is 0.828. The zero-order valence-electron chi connectivity index (χ0n) is 17.4. The number of methoxy groups -OCH3 is 1. The molecule has 1 saturated carbocycles. The fraction of sp³-hybridized carbons (Fsp3) is 0.650. The van der Waals surface area contributed by atoms with Crippen LogP contribution in [-0.2, 0) is 11.3 Å². The maximum atomic E-state index is 12.6. The Balaban J connectivity index is 0.00000420. The number of aryl methyl sites for hydroxylation is 1. The minimum absolute atomic E-state index is 0. The molecule has 9 heteroatoms. The second kappa shape index (κ2) is 13.9. The third-order valence-corrected chi connectivity index (χ3v) is 4.52. The number of halogens is 3. The average Bonchev–Trinajstić information content (AvgIpc) is 3.49. The molecule has 166 valence electrons. The third kappa shape index (κ3) is 9.90. The highest BCUT2D eigenvalue weighted by atomic mass is 127. The van der Waals surface area contributed by atoms with E-state index in [0.29, 0.717) is 17.6 Å². The Bertz CT molecular complexity index is 630. The first-order valence-corrected chi connectivity index (χ1v) is 9.83. The van der Waals surface area contributed by atoms with Gasteiger partial charge in [-0.2, -0.15) is 8.78 Å². The molecule has 6 nitrogen and oxygen atoms in total. The molecule has 1 aliphatic carbocycles. The first-order chi connectivity index (χ1) is 13.5. The van der Waals surface area contributed by atoms with Crippen molar-refractivity contribution >= 4 is 29.9 Å². The first-order valence-electron chi connectivity index (χ1n) is 9.83. The quantitative estimate of drug-likeness (QED) is 0.249. The molecule has 0 saturated heterocycles. The van der Waals surface area contributed by atoms with E-state index in [2.05, 4.69) is 25.3 Å². The van der Waals surface area contributed by atoms with E-state index < -0.39 is 6.61 Å². The Morgan fingerprint density at radius 2 is 2.03 bits per heavy atom. The fourth-order valence-electron chi connectivity index (χ4n) is 2.99. The van der Waals surface area contributed by atoms with Gasteiger partial charge in [-0.3, -0.25) is 4.90 Å². The molecule has 0 spiro atoms. The van der Waals surface area contributed by atoms with E-state index in [1.807, 2.05) is 19.9 Å². The fourth-order valence-corrected chi connectivity index (χ4v) is 2.99. The van der Waals surface area contributed by atoms with Crippen molar-refractivity contribution in [3.63, 3.8) is 0 Å². The van der Waals surface area contributed by atoms with Gasteiger partial charge in [0.05, 0.1) is 13.2 Å². The summed E-state index contributed by atoms with van der Waals surface area (Å²) in [7, 11) is 1.72. The number of nitrogens with one attached hydrogen (secondary N) is 2. The van der Waals surface area contributed by atoms with Crippen LogP contribution in [0.2, 0.25) is 0 Å². The summed E-state index contributed by atoms with van der Waals surface area (Å²) in [5.41, 5.74) is 1.61. The summed E-state index contributed by atoms with van der Waals surface area (Å²) < 4.78 is 35.1. The van der Waals surface area contributed by atoms with E-state index in [-0.39, 0.29) is 36.3 Å². The van der Waals surface area contributed by atoms with Crippen LogP contribution in [0.5, 0.6) is 5.75 Å². The predicted molar refractivity (Wildman–Crippen MR) is 123 cm³/mol. The monoisotopic (exact) mass is 526 g/mol. The predicted octanol–water partition coefficient (Wildman–Crippen LogP) is 3.38. The molecule has 1 fully saturated rings. The number of benzene rings is 1. The zero-order valence-corrected chi connectivity index (χ0v) is 19.7. The van der Waals surface area contributed by atoms with Gasteiger partial charge in [-0.25, -0.2) is 4.99 Å². The van der Waals surface area contributed by atoms with E-state index in [9.17, 15) is 8.78 Å². The maximum Gasteiger partial charge on any atom is 0.387 e. The van der Waals surface area contributed by atoms with Crippen LogP contribution in [0.3, 0.4) is 0 Å². The van der Waals surface area contributed by atoms with Crippen LogP contribution in [0.1, 0.15) is 30.9 Å². The van der Waals surface area contributed by atoms with E-state index in [4.69, 9.17) is 4.74 Å². The lowest BCUT2D eigenvalue weighted by Crippen LogP contribution is -2.42.